The molecule has 4 aliphatic rings. The molecule has 32 heavy (non-hydrogen) atoms. The van der Waals surface area contributed by atoms with Crippen LogP contribution in [0.2, 0.25) is 0 Å². The zero-order valence-electron chi connectivity index (χ0n) is 19.2. The summed E-state index contributed by atoms with van der Waals surface area (Å²) in [5.41, 5.74) is 0.870. The molecular weight excluding hydrogens is 404 g/mol. The number of carbonyl (C=O) groups is 2. The van der Waals surface area contributed by atoms with Crippen LogP contribution >= 0.6 is 0 Å². The number of hydrogen-bond donors (Lipinski definition) is 1. The van der Waals surface area contributed by atoms with Gasteiger partial charge in [-0.15, -0.1) is 0 Å². The highest BCUT2D eigenvalue weighted by molar-refractivity contribution is 5.81. The fourth-order valence-electron chi connectivity index (χ4n) is 5.84. The number of benzene rings is 1. The largest absolute Gasteiger partial charge is 0.487 e. The molecule has 7 nitrogen and oxygen atoms in total. The zero-order chi connectivity index (χ0) is 22.1. The third kappa shape index (κ3) is 4.32. The molecular formula is C25H36N4O3. The molecule has 1 spiro atoms. The highest BCUT2D eigenvalue weighted by atomic mass is 16.5. The van der Waals surface area contributed by atoms with Gasteiger partial charge in [0, 0.05) is 51.3 Å². The Kier molecular flexibility index (Phi) is 6.01. The summed E-state index contributed by atoms with van der Waals surface area (Å²) < 4.78 is 6.54. The Bertz CT molecular complexity index is 845. The van der Waals surface area contributed by atoms with Gasteiger partial charge in [0.1, 0.15) is 11.4 Å². The van der Waals surface area contributed by atoms with Crippen molar-refractivity contribution < 1.29 is 14.3 Å². The van der Waals surface area contributed by atoms with Crippen molar-refractivity contribution in [2.45, 2.75) is 56.6 Å². The lowest BCUT2D eigenvalue weighted by molar-refractivity contribution is -0.128. The molecule has 0 aliphatic carbocycles. The van der Waals surface area contributed by atoms with Crippen LogP contribution in [0.25, 0.3) is 0 Å². The van der Waals surface area contributed by atoms with E-state index in [1.54, 1.807) is 0 Å². The monoisotopic (exact) mass is 440 g/mol. The number of likely N-dealkylation sites (tertiary alicyclic amines) is 3. The third-order valence-corrected chi connectivity index (χ3v) is 7.85. The van der Waals surface area contributed by atoms with Gasteiger partial charge in [-0.1, -0.05) is 18.2 Å². The van der Waals surface area contributed by atoms with Crippen LogP contribution in [0.3, 0.4) is 0 Å². The highest BCUT2D eigenvalue weighted by Crippen LogP contribution is 2.44. The molecule has 0 radical (unpaired) electrons. The Labute approximate surface area is 191 Å². The Hall–Kier alpha value is -2.28. The molecule has 0 saturated carbocycles. The average Bonchev–Trinajstić information content (AvgIpc) is 3.36. The highest BCUT2D eigenvalue weighted by Gasteiger charge is 2.44. The summed E-state index contributed by atoms with van der Waals surface area (Å²) in [6.45, 7) is 5.01. The summed E-state index contributed by atoms with van der Waals surface area (Å²) in [5, 5.41) is 3.37. The predicted molar refractivity (Wildman–Crippen MR) is 123 cm³/mol. The maximum Gasteiger partial charge on any atom is 0.320 e. The molecule has 0 aromatic heterocycles. The van der Waals surface area contributed by atoms with Crippen LogP contribution in [0, 0.1) is 5.92 Å². The number of nitrogens with one attached hydrogen (secondary N) is 1. The molecule has 174 valence electrons. The summed E-state index contributed by atoms with van der Waals surface area (Å²) in [6, 6.07) is 8.21. The molecule has 4 heterocycles. The van der Waals surface area contributed by atoms with E-state index in [2.05, 4.69) is 23.3 Å². The average molecular weight is 441 g/mol. The Morgan fingerprint density at radius 2 is 1.72 bits per heavy atom. The van der Waals surface area contributed by atoms with E-state index in [1.807, 2.05) is 28.0 Å². The van der Waals surface area contributed by atoms with Crippen molar-refractivity contribution >= 4 is 11.9 Å². The fourth-order valence-corrected chi connectivity index (χ4v) is 5.84. The van der Waals surface area contributed by atoms with Gasteiger partial charge in [-0.3, -0.25) is 4.79 Å². The normalized spacial score (nSPS) is 27.7. The maximum atomic E-state index is 13.4. The van der Waals surface area contributed by atoms with Crippen molar-refractivity contribution in [1.82, 2.24) is 20.0 Å². The summed E-state index contributed by atoms with van der Waals surface area (Å²) in [6.07, 6.45) is 6.67. The number of urea groups is 1. The number of rotatable bonds is 2. The molecule has 5 rings (SSSR count). The number of nitrogens with zero attached hydrogens (tertiary/aromatic N) is 3. The zero-order valence-corrected chi connectivity index (χ0v) is 19.2. The lowest BCUT2D eigenvalue weighted by Crippen LogP contribution is -2.53. The number of hydrogen-bond acceptors (Lipinski definition) is 4. The second-order valence-electron chi connectivity index (χ2n) is 10.2. The standard InChI is InChI=1S/C25H36N4O3/c1-27-15-10-25(11-16-27)17-21(20-8-2-3-9-22(20)32-25)26-23(30)19-7-6-14-29(18-19)24(31)28-12-4-5-13-28/h2-3,8-9,19,21H,4-7,10-18H2,1H3,(H,26,30). The first-order valence-corrected chi connectivity index (χ1v) is 12.3. The lowest BCUT2D eigenvalue weighted by atomic mass is 9.80. The van der Waals surface area contributed by atoms with Crippen molar-refractivity contribution in [1.29, 1.82) is 0 Å². The van der Waals surface area contributed by atoms with Gasteiger partial charge in [0.25, 0.3) is 0 Å². The van der Waals surface area contributed by atoms with E-state index in [9.17, 15) is 9.59 Å². The molecule has 3 amide bonds. The van der Waals surface area contributed by atoms with Crippen LogP contribution in [-0.2, 0) is 4.79 Å². The van der Waals surface area contributed by atoms with Crippen LogP contribution in [0.5, 0.6) is 5.75 Å². The van der Waals surface area contributed by atoms with E-state index < -0.39 is 0 Å². The predicted octanol–water partition coefficient (Wildman–Crippen LogP) is 3.02. The van der Waals surface area contributed by atoms with Crippen LogP contribution < -0.4 is 10.1 Å². The van der Waals surface area contributed by atoms with E-state index in [1.165, 1.54) is 0 Å². The van der Waals surface area contributed by atoms with Crippen LogP contribution in [0.4, 0.5) is 4.79 Å². The SMILES string of the molecule is CN1CCC2(CC1)CC(NC(=O)C1CCCN(C(=O)N3CCCC3)C1)c1ccccc1O2. The maximum absolute atomic E-state index is 13.4. The lowest BCUT2D eigenvalue weighted by Gasteiger charge is -2.46. The van der Waals surface area contributed by atoms with Gasteiger partial charge in [-0.05, 0) is 51.6 Å². The number of amides is 3. The molecule has 1 aromatic rings. The van der Waals surface area contributed by atoms with Crippen molar-refractivity contribution in [3.8, 4) is 5.75 Å². The van der Waals surface area contributed by atoms with Crippen LogP contribution in [0.15, 0.2) is 24.3 Å². The summed E-state index contributed by atoms with van der Waals surface area (Å²) in [5.74, 6) is 0.843. The molecule has 7 heteroatoms. The molecule has 2 atom stereocenters. The van der Waals surface area contributed by atoms with Gasteiger partial charge in [-0.25, -0.2) is 4.79 Å². The minimum Gasteiger partial charge on any atom is -0.487 e. The molecule has 1 aromatic carbocycles. The van der Waals surface area contributed by atoms with Gasteiger partial charge >= 0.3 is 6.03 Å². The van der Waals surface area contributed by atoms with Gasteiger partial charge in [0.2, 0.25) is 5.91 Å². The number of ether oxygens (including phenoxy) is 1. The van der Waals surface area contributed by atoms with Gasteiger partial charge in [0.15, 0.2) is 0 Å². The fraction of sp³-hybridized carbons (Fsp3) is 0.680. The summed E-state index contributed by atoms with van der Waals surface area (Å²) >= 11 is 0. The molecule has 0 bridgehead atoms. The van der Waals surface area contributed by atoms with Crippen LogP contribution in [-0.4, -0.2) is 78.6 Å². The van der Waals surface area contributed by atoms with Gasteiger partial charge in [0.05, 0.1) is 12.0 Å². The van der Waals surface area contributed by atoms with Crippen molar-refractivity contribution in [2.75, 3.05) is 46.3 Å². The first-order chi connectivity index (χ1) is 15.5. The van der Waals surface area contributed by atoms with E-state index in [4.69, 9.17) is 4.74 Å². The third-order valence-electron chi connectivity index (χ3n) is 7.85. The Morgan fingerprint density at radius 1 is 1.00 bits per heavy atom. The van der Waals surface area contributed by atoms with Crippen LogP contribution in [0.1, 0.15) is 56.6 Å². The van der Waals surface area contributed by atoms with E-state index in [0.29, 0.717) is 6.54 Å². The number of para-hydroxylation sites is 1. The minimum atomic E-state index is -0.205. The topological polar surface area (TPSA) is 65.1 Å². The number of fused-ring (bicyclic) bond motifs is 1. The first-order valence-electron chi connectivity index (χ1n) is 12.3. The smallest absolute Gasteiger partial charge is 0.320 e. The van der Waals surface area contributed by atoms with E-state index in [0.717, 1.165) is 89.0 Å². The van der Waals surface area contributed by atoms with E-state index in [-0.39, 0.29) is 29.5 Å². The molecule has 4 aliphatic heterocycles. The number of carbonyl (C=O) groups excluding carboxylic acids is 2. The summed E-state index contributed by atoms with van der Waals surface area (Å²) in [4.78, 5) is 32.4. The summed E-state index contributed by atoms with van der Waals surface area (Å²) in [7, 11) is 2.15. The van der Waals surface area contributed by atoms with Crippen molar-refractivity contribution in [3.63, 3.8) is 0 Å². The minimum absolute atomic E-state index is 0.0412. The molecule has 2 unspecified atom stereocenters. The van der Waals surface area contributed by atoms with Crippen molar-refractivity contribution in [2.24, 2.45) is 5.92 Å². The Balaban J connectivity index is 1.28. The van der Waals surface area contributed by atoms with Crippen molar-refractivity contribution in [3.05, 3.63) is 29.8 Å². The molecule has 3 fully saturated rings. The first kappa shape index (κ1) is 21.6. The molecule has 3 saturated heterocycles. The Morgan fingerprint density at radius 3 is 2.50 bits per heavy atom. The van der Waals surface area contributed by atoms with Gasteiger partial charge in [-0.2, -0.15) is 0 Å². The molecule has 1 N–H and O–H groups in total. The quantitative estimate of drug-likeness (QED) is 0.768. The number of piperidine rings is 2. The second kappa shape index (κ2) is 8.93. The van der Waals surface area contributed by atoms with Gasteiger partial charge < -0.3 is 24.8 Å². The van der Waals surface area contributed by atoms with E-state index >= 15 is 0 Å². The second-order valence-corrected chi connectivity index (χ2v) is 10.2.